The van der Waals surface area contributed by atoms with Crippen molar-refractivity contribution in [2.75, 3.05) is 13.2 Å². The Morgan fingerprint density at radius 1 is 1.36 bits per heavy atom. The van der Waals surface area contributed by atoms with Crippen LogP contribution in [0.1, 0.15) is 31.4 Å². The van der Waals surface area contributed by atoms with Crippen LogP contribution in [0.25, 0.3) is 0 Å². The van der Waals surface area contributed by atoms with Crippen molar-refractivity contribution in [1.82, 2.24) is 10.3 Å². The number of nitrogens with one attached hydrogen (secondary N) is 1. The fourth-order valence-corrected chi connectivity index (χ4v) is 1.33. The normalized spacial score (nSPS) is 12.7. The quantitative estimate of drug-likeness (QED) is 0.675. The molecule has 0 saturated carbocycles. The molecule has 0 aromatic carbocycles. The highest BCUT2D eigenvalue weighted by Crippen LogP contribution is 2.09. The van der Waals surface area contributed by atoms with Gasteiger partial charge >= 0.3 is 0 Å². The number of aliphatic hydroxyl groups excluding tert-OH is 1. The molecule has 3 heteroatoms. The number of pyridine rings is 1. The monoisotopic (exact) mass is 194 g/mol. The summed E-state index contributed by atoms with van der Waals surface area (Å²) in [5.74, 6) is 0. The molecule has 1 rings (SSSR count). The molecule has 0 radical (unpaired) electrons. The summed E-state index contributed by atoms with van der Waals surface area (Å²) in [6.07, 6.45) is 5.50. The summed E-state index contributed by atoms with van der Waals surface area (Å²) in [6, 6.07) is 4.39. The van der Waals surface area contributed by atoms with E-state index < -0.39 is 0 Å². The molecule has 2 N–H and O–H groups in total. The zero-order valence-corrected chi connectivity index (χ0v) is 8.61. The third-order valence-corrected chi connectivity index (χ3v) is 2.24. The molecule has 0 fully saturated rings. The maximum Gasteiger partial charge on any atom is 0.0431 e. The minimum atomic E-state index is 0.283. The van der Waals surface area contributed by atoms with Gasteiger partial charge in [-0.1, -0.05) is 0 Å². The Kier molecular flexibility index (Phi) is 5.19. The van der Waals surface area contributed by atoms with Gasteiger partial charge in [-0.25, -0.2) is 0 Å². The molecule has 0 aliphatic carbocycles. The lowest BCUT2D eigenvalue weighted by atomic mass is 10.1. The summed E-state index contributed by atoms with van der Waals surface area (Å²) in [4.78, 5) is 3.98. The van der Waals surface area contributed by atoms with Crippen LogP contribution >= 0.6 is 0 Å². The fourth-order valence-electron chi connectivity index (χ4n) is 1.33. The van der Waals surface area contributed by atoms with E-state index >= 15 is 0 Å². The van der Waals surface area contributed by atoms with Gasteiger partial charge in [-0.15, -0.1) is 0 Å². The second-order valence-electron chi connectivity index (χ2n) is 3.39. The minimum Gasteiger partial charge on any atom is -0.396 e. The van der Waals surface area contributed by atoms with Crippen molar-refractivity contribution in [1.29, 1.82) is 0 Å². The van der Waals surface area contributed by atoms with Gasteiger partial charge in [0, 0.05) is 25.0 Å². The van der Waals surface area contributed by atoms with Crippen molar-refractivity contribution >= 4 is 0 Å². The van der Waals surface area contributed by atoms with Crippen LogP contribution in [0.2, 0.25) is 0 Å². The topological polar surface area (TPSA) is 45.1 Å². The third kappa shape index (κ3) is 3.85. The van der Waals surface area contributed by atoms with E-state index in [2.05, 4.69) is 17.2 Å². The number of hydrogen-bond acceptors (Lipinski definition) is 3. The van der Waals surface area contributed by atoms with Crippen molar-refractivity contribution in [3.63, 3.8) is 0 Å². The van der Waals surface area contributed by atoms with Gasteiger partial charge in [0.1, 0.15) is 0 Å². The molecule has 0 bridgehead atoms. The van der Waals surface area contributed by atoms with E-state index in [4.69, 9.17) is 5.11 Å². The Labute approximate surface area is 85.2 Å². The molecule has 1 unspecified atom stereocenters. The highest BCUT2D eigenvalue weighted by molar-refractivity contribution is 5.13. The van der Waals surface area contributed by atoms with Crippen molar-refractivity contribution in [3.05, 3.63) is 30.1 Å². The van der Waals surface area contributed by atoms with Gasteiger partial charge in [-0.2, -0.15) is 0 Å². The summed E-state index contributed by atoms with van der Waals surface area (Å²) in [7, 11) is 0. The van der Waals surface area contributed by atoms with E-state index in [1.807, 2.05) is 12.1 Å². The summed E-state index contributed by atoms with van der Waals surface area (Å²) in [6.45, 7) is 3.36. The molecule has 0 amide bonds. The van der Waals surface area contributed by atoms with E-state index in [1.165, 1.54) is 5.56 Å². The minimum absolute atomic E-state index is 0.283. The lowest BCUT2D eigenvalue weighted by Gasteiger charge is -2.13. The molecule has 0 aliphatic heterocycles. The molecular formula is C11H18N2O. The van der Waals surface area contributed by atoms with Crippen LogP contribution in [0, 0.1) is 0 Å². The van der Waals surface area contributed by atoms with Gasteiger partial charge in [-0.3, -0.25) is 4.98 Å². The average Bonchev–Trinajstić information content (AvgIpc) is 2.25. The zero-order valence-electron chi connectivity index (χ0n) is 8.61. The van der Waals surface area contributed by atoms with Crippen LogP contribution in [-0.4, -0.2) is 23.2 Å². The number of aliphatic hydroxyl groups is 1. The molecule has 78 valence electrons. The van der Waals surface area contributed by atoms with E-state index in [-0.39, 0.29) is 6.61 Å². The van der Waals surface area contributed by atoms with Crippen LogP contribution in [0.15, 0.2) is 24.5 Å². The van der Waals surface area contributed by atoms with E-state index in [9.17, 15) is 0 Å². The van der Waals surface area contributed by atoms with Gasteiger partial charge in [0.05, 0.1) is 0 Å². The molecular weight excluding hydrogens is 176 g/mol. The largest absolute Gasteiger partial charge is 0.396 e. The Morgan fingerprint density at radius 3 is 2.71 bits per heavy atom. The number of unbranched alkanes of at least 4 members (excludes halogenated alkanes) is 1. The maximum absolute atomic E-state index is 8.61. The Hall–Kier alpha value is -0.930. The van der Waals surface area contributed by atoms with E-state index in [0.29, 0.717) is 6.04 Å². The Morgan fingerprint density at radius 2 is 2.07 bits per heavy atom. The molecule has 3 nitrogen and oxygen atoms in total. The lowest BCUT2D eigenvalue weighted by molar-refractivity contribution is 0.283. The molecule has 0 aliphatic rings. The van der Waals surface area contributed by atoms with Crippen LogP contribution in [-0.2, 0) is 0 Å². The fraction of sp³-hybridized carbons (Fsp3) is 0.545. The van der Waals surface area contributed by atoms with Gasteiger partial charge in [0.15, 0.2) is 0 Å². The molecule has 1 aromatic rings. The summed E-state index contributed by atoms with van der Waals surface area (Å²) >= 11 is 0. The summed E-state index contributed by atoms with van der Waals surface area (Å²) < 4.78 is 0. The first-order valence-corrected chi connectivity index (χ1v) is 5.08. The van der Waals surface area contributed by atoms with E-state index in [1.54, 1.807) is 12.4 Å². The number of rotatable bonds is 6. The number of hydrogen-bond donors (Lipinski definition) is 2. The molecule has 14 heavy (non-hydrogen) atoms. The van der Waals surface area contributed by atoms with Crippen LogP contribution in [0.5, 0.6) is 0 Å². The van der Waals surface area contributed by atoms with Crippen molar-refractivity contribution < 1.29 is 5.11 Å². The number of aromatic nitrogens is 1. The Balaban J connectivity index is 2.25. The lowest BCUT2D eigenvalue weighted by Crippen LogP contribution is -2.19. The molecule has 1 atom stereocenters. The predicted molar refractivity (Wildman–Crippen MR) is 57.0 cm³/mol. The first-order chi connectivity index (χ1) is 6.84. The Bertz CT molecular complexity index is 238. The van der Waals surface area contributed by atoms with Crippen molar-refractivity contribution in [2.45, 2.75) is 25.8 Å². The van der Waals surface area contributed by atoms with Gasteiger partial charge < -0.3 is 10.4 Å². The van der Waals surface area contributed by atoms with Crippen molar-refractivity contribution in [2.24, 2.45) is 0 Å². The van der Waals surface area contributed by atoms with Gasteiger partial charge in [0.25, 0.3) is 0 Å². The smallest absolute Gasteiger partial charge is 0.0431 e. The van der Waals surface area contributed by atoms with Crippen LogP contribution in [0.3, 0.4) is 0 Å². The SMILES string of the molecule is CC(NCCCCO)c1ccncc1. The highest BCUT2D eigenvalue weighted by Gasteiger charge is 2.02. The average molecular weight is 194 g/mol. The summed E-state index contributed by atoms with van der Waals surface area (Å²) in [5, 5.41) is 12.0. The highest BCUT2D eigenvalue weighted by atomic mass is 16.2. The second-order valence-corrected chi connectivity index (χ2v) is 3.39. The zero-order chi connectivity index (χ0) is 10.2. The third-order valence-electron chi connectivity index (χ3n) is 2.24. The predicted octanol–water partition coefficient (Wildman–Crippen LogP) is 1.50. The molecule has 1 heterocycles. The maximum atomic E-state index is 8.61. The number of nitrogens with zero attached hydrogens (tertiary/aromatic N) is 1. The molecule has 0 saturated heterocycles. The van der Waals surface area contributed by atoms with Gasteiger partial charge in [0.2, 0.25) is 0 Å². The van der Waals surface area contributed by atoms with E-state index in [0.717, 1.165) is 19.4 Å². The second kappa shape index (κ2) is 6.51. The first-order valence-electron chi connectivity index (χ1n) is 5.08. The first kappa shape index (κ1) is 11.1. The molecule has 0 spiro atoms. The van der Waals surface area contributed by atoms with Crippen molar-refractivity contribution in [3.8, 4) is 0 Å². The standard InChI is InChI=1S/C11H18N2O/c1-10(13-6-2-3-9-14)11-4-7-12-8-5-11/h4-5,7-8,10,13-14H,2-3,6,9H2,1H3. The van der Waals surface area contributed by atoms with Crippen LogP contribution < -0.4 is 5.32 Å². The molecule has 1 aromatic heterocycles. The van der Waals surface area contributed by atoms with Gasteiger partial charge in [-0.05, 0) is 44.0 Å². The van der Waals surface area contributed by atoms with Crippen LogP contribution in [0.4, 0.5) is 0 Å². The summed E-state index contributed by atoms with van der Waals surface area (Å²) in [5.41, 5.74) is 1.25.